The Bertz CT molecular complexity index is 455. The maximum absolute atomic E-state index is 12.7. The standard InChI is InChI=1S/C14H17FN2O2/c15-12-5-1-10(2-6-12)9-13(18)16-7-8-17-14(19)11-3-4-11/h1-2,5-6,11H,3-4,7-9H2,(H,16,18)(H,17,19). The van der Waals surface area contributed by atoms with E-state index in [1.165, 1.54) is 12.1 Å². The van der Waals surface area contributed by atoms with E-state index in [0.29, 0.717) is 13.1 Å². The molecule has 1 aromatic rings. The molecule has 1 saturated carbocycles. The Morgan fingerprint density at radius 2 is 1.74 bits per heavy atom. The summed E-state index contributed by atoms with van der Waals surface area (Å²) in [5.74, 6) is -0.179. The van der Waals surface area contributed by atoms with Gasteiger partial charge in [-0.15, -0.1) is 0 Å². The van der Waals surface area contributed by atoms with E-state index in [0.717, 1.165) is 18.4 Å². The maximum atomic E-state index is 12.7. The minimum atomic E-state index is -0.313. The van der Waals surface area contributed by atoms with Crippen molar-refractivity contribution in [2.45, 2.75) is 19.3 Å². The fraction of sp³-hybridized carbons (Fsp3) is 0.429. The average molecular weight is 264 g/mol. The first-order chi connectivity index (χ1) is 9.15. The zero-order chi connectivity index (χ0) is 13.7. The van der Waals surface area contributed by atoms with Crippen molar-refractivity contribution in [1.29, 1.82) is 0 Å². The van der Waals surface area contributed by atoms with Crippen LogP contribution in [0.3, 0.4) is 0 Å². The van der Waals surface area contributed by atoms with E-state index in [1.807, 2.05) is 0 Å². The predicted molar refractivity (Wildman–Crippen MR) is 68.8 cm³/mol. The van der Waals surface area contributed by atoms with Gasteiger partial charge >= 0.3 is 0 Å². The summed E-state index contributed by atoms with van der Waals surface area (Å²) in [6, 6.07) is 5.84. The molecule has 4 nitrogen and oxygen atoms in total. The van der Waals surface area contributed by atoms with Gasteiger partial charge < -0.3 is 10.6 Å². The van der Waals surface area contributed by atoms with Crippen LogP contribution in [0.4, 0.5) is 4.39 Å². The van der Waals surface area contributed by atoms with Gasteiger partial charge in [-0.25, -0.2) is 4.39 Å². The van der Waals surface area contributed by atoms with E-state index >= 15 is 0 Å². The Labute approximate surface area is 111 Å². The van der Waals surface area contributed by atoms with Crippen molar-refractivity contribution < 1.29 is 14.0 Å². The van der Waals surface area contributed by atoms with Crippen LogP contribution >= 0.6 is 0 Å². The van der Waals surface area contributed by atoms with Crippen LogP contribution in [0.15, 0.2) is 24.3 Å². The summed E-state index contributed by atoms with van der Waals surface area (Å²) in [6.07, 6.45) is 2.17. The smallest absolute Gasteiger partial charge is 0.224 e. The summed E-state index contributed by atoms with van der Waals surface area (Å²) in [5.41, 5.74) is 0.765. The summed E-state index contributed by atoms with van der Waals surface area (Å²) in [5, 5.41) is 5.48. The second-order valence-corrected chi connectivity index (χ2v) is 4.72. The highest BCUT2D eigenvalue weighted by Crippen LogP contribution is 2.28. The molecule has 0 unspecified atom stereocenters. The van der Waals surface area contributed by atoms with E-state index < -0.39 is 0 Å². The molecule has 0 heterocycles. The van der Waals surface area contributed by atoms with Crippen LogP contribution in [0.1, 0.15) is 18.4 Å². The Morgan fingerprint density at radius 3 is 2.37 bits per heavy atom. The lowest BCUT2D eigenvalue weighted by molar-refractivity contribution is -0.123. The zero-order valence-corrected chi connectivity index (χ0v) is 10.6. The third-order valence-electron chi connectivity index (χ3n) is 2.97. The molecule has 0 atom stereocenters. The third-order valence-corrected chi connectivity index (χ3v) is 2.97. The molecule has 0 saturated heterocycles. The highest BCUT2D eigenvalue weighted by atomic mass is 19.1. The lowest BCUT2D eigenvalue weighted by Gasteiger charge is -2.06. The van der Waals surface area contributed by atoms with E-state index in [-0.39, 0.29) is 30.0 Å². The quantitative estimate of drug-likeness (QED) is 0.753. The van der Waals surface area contributed by atoms with Crippen LogP contribution in [-0.2, 0) is 16.0 Å². The second-order valence-electron chi connectivity index (χ2n) is 4.72. The molecule has 1 aliphatic carbocycles. The first kappa shape index (κ1) is 13.5. The number of carbonyl (C=O) groups excluding carboxylic acids is 2. The number of amides is 2. The summed E-state index contributed by atoms with van der Waals surface area (Å²) in [7, 11) is 0. The molecule has 5 heteroatoms. The molecule has 0 radical (unpaired) electrons. The van der Waals surface area contributed by atoms with Crippen molar-refractivity contribution in [2.75, 3.05) is 13.1 Å². The van der Waals surface area contributed by atoms with Crippen molar-refractivity contribution in [1.82, 2.24) is 10.6 Å². The van der Waals surface area contributed by atoms with Gasteiger partial charge in [0.05, 0.1) is 6.42 Å². The van der Waals surface area contributed by atoms with Crippen LogP contribution in [-0.4, -0.2) is 24.9 Å². The summed E-state index contributed by atoms with van der Waals surface area (Å²) >= 11 is 0. The maximum Gasteiger partial charge on any atom is 0.224 e. The van der Waals surface area contributed by atoms with Crippen LogP contribution < -0.4 is 10.6 Å². The summed E-state index contributed by atoms with van der Waals surface area (Å²) < 4.78 is 12.7. The molecular formula is C14H17FN2O2. The number of benzene rings is 1. The van der Waals surface area contributed by atoms with Gasteiger partial charge in [-0.05, 0) is 30.5 Å². The molecule has 1 fully saturated rings. The van der Waals surface area contributed by atoms with E-state index in [4.69, 9.17) is 0 Å². The predicted octanol–water partition coefficient (Wildman–Crippen LogP) is 1.01. The Kier molecular flexibility index (Phi) is 4.49. The van der Waals surface area contributed by atoms with E-state index in [2.05, 4.69) is 10.6 Å². The molecule has 0 aromatic heterocycles. The van der Waals surface area contributed by atoms with Crippen molar-refractivity contribution in [3.63, 3.8) is 0 Å². The number of rotatable bonds is 6. The van der Waals surface area contributed by atoms with Gasteiger partial charge in [-0.1, -0.05) is 12.1 Å². The Morgan fingerprint density at radius 1 is 1.11 bits per heavy atom. The van der Waals surface area contributed by atoms with Crippen LogP contribution in [0.25, 0.3) is 0 Å². The highest BCUT2D eigenvalue weighted by Gasteiger charge is 2.28. The van der Waals surface area contributed by atoms with Gasteiger partial charge in [-0.2, -0.15) is 0 Å². The SMILES string of the molecule is O=C(Cc1ccc(F)cc1)NCCNC(=O)C1CC1. The molecule has 0 aliphatic heterocycles. The van der Waals surface area contributed by atoms with Crippen molar-refractivity contribution in [2.24, 2.45) is 5.92 Å². The lowest BCUT2D eigenvalue weighted by atomic mass is 10.1. The first-order valence-electron chi connectivity index (χ1n) is 6.44. The lowest BCUT2D eigenvalue weighted by Crippen LogP contribution is -2.35. The van der Waals surface area contributed by atoms with Crippen molar-refractivity contribution >= 4 is 11.8 Å². The average Bonchev–Trinajstić information content (AvgIpc) is 3.21. The van der Waals surface area contributed by atoms with Crippen LogP contribution in [0.5, 0.6) is 0 Å². The van der Waals surface area contributed by atoms with Crippen molar-refractivity contribution in [3.8, 4) is 0 Å². The number of nitrogens with one attached hydrogen (secondary N) is 2. The molecule has 1 aromatic carbocycles. The molecule has 1 aliphatic rings. The molecule has 2 rings (SSSR count). The fourth-order valence-corrected chi connectivity index (χ4v) is 1.73. The highest BCUT2D eigenvalue weighted by molar-refractivity contribution is 5.81. The fourth-order valence-electron chi connectivity index (χ4n) is 1.73. The molecule has 0 spiro atoms. The van der Waals surface area contributed by atoms with E-state index in [9.17, 15) is 14.0 Å². The largest absolute Gasteiger partial charge is 0.354 e. The molecular weight excluding hydrogens is 247 g/mol. The molecule has 102 valence electrons. The molecule has 2 N–H and O–H groups in total. The van der Waals surface area contributed by atoms with Crippen molar-refractivity contribution in [3.05, 3.63) is 35.6 Å². The van der Waals surface area contributed by atoms with Gasteiger partial charge in [-0.3, -0.25) is 9.59 Å². The number of hydrogen-bond donors (Lipinski definition) is 2. The second kappa shape index (κ2) is 6.31. The third kappa shape index (κ3) is 4.69. The summed E-state index contributed by atoms with van der Waals surface area (Å²) in [6.45, 7) is 0.864. The Balaban J connectivity index is 1.61. The Hall–Kier alpha value is -1.91. The summed E-state index contributed by atoms with van der Waals surface area (Å²) in [4.78, 5) is 22.9. The topological polar surface area (TPSA) is 58.2 Å². The van der Waals surface area contributed by atoms with Gasteiger partial charge in [0.15, 0.2) is 0 Å². The normalized spacial score (nSPS) is 13.9. The molecule has 2 amide bonds. The zero-order valence-electron chi connectivity index (χ0n) is 10.6. The van der Waals surface area contributed by atoms with E-state index in [1.54, 1.807) is 12.1 Å². The molecule has 19 heavy (non-hydrogen) atoms. The number of hydrogen-bond acceptors (Lipinski definition) is 2. The molecule has 0 bridgehead atoms. The van der Waals surface area contributed by atoms with Crippen LogP contribution in [0, 0.1) is 11.7 Å². The minimum Gasteiger partial charge on any atom is -0.354 e. The first-order valence-corrected chi connectivity index (χ1v) is 6.44. The van der Waals surface area contributed by atoms with Gasteiger partial charge in [0, 0.05) is 19.0 Å². The number of carbonyl (C=O) groups is 2. The minimum absolute atomic E-state index is 0.0767. The van der Waals surface area contributed by atoms with Gasteiger partial charge in [0.1, 0.15) is 5.82 Å². The monoisotopic (exact) mass is 264 g/mol. The van der Waals surface area contributed by atoms with Crippen LogP contribution in [0.2, 0.25) is 0 Å². The number of halogens is 1. The van der Waals surface area contributed by atoms with Gasteiger partial charge in [0.25, 0.3) is 0 Å². The van der Waals surface area contributed by atoms with Gasteiger partial charge in [0.2, 0.25) is 11.8 Å².